The number of nitrogens with two attached hydrogens (primary N) is 1. The standard InChI is InChI=1S/C14H13F2NS/c1-9-3-2-4-10(8-17)14(9)18-11-5-6-12(15)13(16)7-11/h2-7H,8,17H2,1H3. The average molecular weight is 265 g/mol. The van der Waals surface area contributed by atoms with Gasteiger partial charge in [-0.2, -0.15) is 0 Å². The van der Waals surface area contributed by atoms with Gasteiger partial charge < -0.3 is 5.73 Å². The molecular formula is C14H13F2NS. The van der Waals surface area contributed by atoms with Gasteiger partial charge in [0.15, 0.2) is 11.6 Å². The normalized spacial score (nSPS) is 10.7. The Morgan fingerprint density at radius 2 is 1.89 bits per heavy atom. The fourth-order valence-corrected chi connectivity index (χ4v) is 2.72. The van der Waals surface area contributed by atoms with Crippen molar-refractivity contribution < 1.29 is 8.78 Å². The van der Waals surface area contributed by atoms with Crippen molar-refractivity contribution in [2.45, 2.75) is 23.3 Å². The van der Waals surface area contributed by atoms with Gasteiger partial charge >= 0.3 is 0 Å². The molecule has 4 heteroatoms. The minimum absolute atomic E-state index is 0.424. The van der Waals surface area contributed by atoms with E-state index < -0.39 is 11.6 Å². The topological polar surface area (TPSA) is 26.0 Å². The molecule has 0 bridgehead atoms. The van der Waals surface area contributed by atoms with E-state index in [1.807, 2.05) is 25.1 Å². The molecule has 18 heavy (non-hydrogen) atoms. The van der Waals surface area contributed by atoms with E-state index in [9.17, 15) is 8.78 Å². The molecule has 2 aromatic rings. The Morgan fingerprint density at radius 3 is 2.56 bits per heavy atom. The number of halogens is 2. The summed E-state index contributed by atoms with van der Waals surface area (Å²) in [6, 6.07) is 9.75. The van der Waals surface area contributed by atoms with Crippen LogP contribution in [0.25, 0.3) is 0 Å². The molecule has 0 aromatic heterocycles. The van der Waals surface area contributed by atoms with Crippen LogP contribution in [-0.2, 0) is 6.54 Å². The largest absolute Gasteiger partial charge is 0.326 e. The number of rotatable bonds is 3. The Bertz CT molecular complexity index is 570. The maximum Gasteiger partial charge on any atom is 0.159 e. The third-order valence-corrected chi connectivity index (χ3v) is 3.90. The van der Waals surface area contributed by atoms with Gasteiger partial charge in [0, 0.05) is 16.3 Å². The molecule has 2 N–H and O–H groups in total. The Morgan fingerprint density at radius 1 is 1.11 bits per heavy atom. The summed E-state index contributed by atoms with van der Waals surface area (Å²) >= 11 is 1.40. The summed E-state index contributed by atoms with van der Waals surface area (Å²) in [6.45, 7) is 2.40. The number of hydrogen-bond donors (Lipinski definition) is 1. The lowest BCUT2D eigenvalue weighted by atomic mass is 10.1. The van der Waals surface area contributed by atoms with Crippen molar-refractivity contribution >= 4 is 11.8 Å². The van der Waals surface area contributed by atoms with Gasteiger partial charge in [-0.15, -0.1) is 0 Å². The van der Waals surface area contributed by atoms with E-state index in [1.54, 1.807) is 6.07 Å². The zero-order valence-electron chi connectivity index (χ0n) is 9.91. The lowest BCUT2D eigenvalue weighted by Gasteiger charge is -2.10. The molecule has 94 valence electrons. The zero-order valence-corrected chi connectivity index (χ0v) is 10.7. The Kier molecular flexibility index (Phi) is 3.99. The van der Waals surface area contributed by atoms with E-state index >= 15 is 0 Å². The lowest BCUT2D eigenvalue weighted by Crippen LogP contribution is -1.99. The van der Waals surface area contributed by atoms with Gasteiger partial charge in [0.1, 0.15) is 0 Å². The molecule has 0 amide bonds. The predicted octanol–water partition coefficient (Wildman–Crippen LogP) is 3.88. The van der Waals surface area contributed by atoms with E-state index in [1.165, 1.54) is 17.8 Å². The van der Waals surface area contributed by atoms with Gasteiger partial charge in [0.2, 0.25) is 0 Å². The molecule has 0 atom stereocenters. The maximum atomic E-state index is 13.2. The molecule has 0 fully saturated rings. The first-order valence-corrected chi connectivity index (χ1v) is 6.35. The van der Waals surface area contributed by atoms with Gasteiger partial charge in [-0.25, -0.2) is 8.78 Å². The number of benzene rings is 2. The van der Waals surface area contributed by atoms with Crippen LogP contribution in [-0.4, -0.2) is 0 Å². The minimum Gasteiger partial charge on any atom is -0.326 e. The monoisotopic (exact) mass is 265 g/mol. The second kappa shape index (κ2) is 5.50. The number of aryl methyl sites for hydroxylation is 1. The molecular weight excluding hydrogens is 252 g/mol. The van der Waals surface area contributed by atoms with E-state index in [2.05, 4.69) is 0 Å². The van der Waals surface area contributed by atoms with Crippen molar-refractivity contribution in [3.63, 3.8) is 0 Å². The highest BCUT2D eigenvalue weighted by atomic mass is 32.2. The van der Waals surface area contributed by atoms with Crippen molar-refractivity contribution in [2.75, 3.05) is 0 Å². The predicted molar refractivity (Wildman–Crippen MR) is 69.6 cm³/mol. The molecule has 2 aromatic carbocycles. The van der Waals surface area contributed by atoms with Crippen LogP contribution in [0.3, 0.4) is 0 Å². The molecule has 0 saturated heterocycles. The first-order chi connectivity index (χ1) is 8.61. The molecule has 0 aliphatic rings. The highest BCUT2D eigenvalue weighted by Crippen LogP contribution is 2.33. The molecule has 0 aliphatic heterocycles. The highest BCUT2D eigenvalue weighted by Gasteiger charge is 2.08. The first-order valence-electron chi connectivity index (χ1n) is 5.53. The SMILES string of the molecule is Cc1cccc(CN)c1Sc1ccc(F)c(F)c1. The maximum absolute atomic E-state index is 13.2. The molecule has 0 spiro atoms. The van der Waals surface area contributed by atoms with E-state index in [0.29, 0.717) is 11.4 Å². The van der Waals surface area contributed by atoms with Crippen LogP contribution in [0.15, 0.2) is 46.2 Å². The molecule has 0 radical (unpaired) electrons. The van der Waals surface area contributed by atoms with Crippen molar-refractivity contribution in [3.05, 3.63) is 59.2 Å². The van der Waals surface area contributed by atoms with Gasteiger partial charge in [0.05, 0.1) is 0 Å². The second-order valence-corrected chi connectivity index (χ2v) is 5.03. The summed E-state index contributed by atoms with van der Waals surface area (Å²) in [7, 11) is 0. The fraction of sp³-hybridized carbons (Fsp3) is 0.143. The van der Waals surface area contributed by atoms with E-state index in [-0.39, 0.29) is 0 Å². The first kappa shape index (κ1) is 13.1. The van der Waals surface area contributed by atoms with Crippen molar-refractivity contribution in [1.29, 1.82) is 0 Å². The Hall–Kier alpha value is -1.39. The molecule has 1 nitrogen and oxygen atoms in total. The van der Waals surface area contributed by atoms with Gasteiger partial charge in [-0.1, -0.05) is 30.0 Å². The van der Waals surface area contributed by atoms with Crippen LogP contribution in [0.2, 0.25) is 0 Å². The zero-order chi connectivity index (χ0) is 13.1. The van der Waals surface area contributed by atoms with Crippen LogP contribution in [0, 0.1) is 18.6 Å². The third-order valence-electron chi connectivity index (χ3n) is 2.62. The summed E-state index contributed by atoms with van der Waals surface area (Å²) in [5, 5.41) is 0. The fourth-order valence-electron chi connectivity index (χ4n) is 1.68. The van der Waals surface area contributed by atoms with Crippen LogP contribution in [0.1, 0.15) is 11.1 Å². The van der Waals surface area contributed by atoms with Crippen molar-refractivity contribution in [2.24, 2.45) is 5.73 Å². The highest BCUT2D eigenvalue weighted by molar-refractivity contribution is 7.99. The van der Waals surface area contributed by atoms with Crippen LogP contribution in [0.5, 0.6) is 0 Å². The van der Waals surface area contributed by atoms with Gasteiger partial charge in [0.25, 0.3) is 0 Å². The van der Waals surface area contributed by atoms with Crippen molar-refractivity contribution in [3.8, 4) is 0 Å². The minimum atomic E-state index is -0.831. The lowest BCUT2D eigenvalue weighted by molar-refractivity contribution is 0.506. The molecule has 2 rings (SSSR count). The molecule has 0 saturated carbocycles. The summed E-state index contributed by atoms with van der Waals surface area (Å²) < 4.78 is 26.0. The van der Waals surface area contributed by atoms with Crippen molar-refractivity contribution in [1.82, 2.24) is 0 Å². The smallest absolute Gasteiger partial charge is 0.159 e. The average Bonchev–Trinajstić information content (AvgIpc) is 2.36. The molecule has 0 aliphatic carbocycles. The summed E-state index contributed by atoms with van der Waals surface area (Å²) in [6.07, 6.45) is 0. The van der Waals surface area contributed by atoms with Gasteiger partial charge in [-0.3, -0.25) is 0 Å². The Labute approximate surface area is 109 Å². The van der Waals surface area contributed by atoms with Crippen LogP contribution < -0.4 is 5.73 Å². The number of hydrogen-bond acceptors (Lipinski definition) is 2. The molecule has 0 unspecified atom stereocenters. The van der Waals surface area contributed by atoms with E-state index in [4.69, 9.17) is 5.73 Å². The van der Waals surface area contributed by atoms with Gasteiger partial charge in [-0.05, 0) is 36.2 Å². The van der Waals surface area contributed by atoms with Crippen LogP contribution in [0.4, 0.5) is 8.78 Å². The quantitative estimate of drug-likeness (QED) is 0.911. The second-order valence-electron chi connectivity index (χ2n) is 3.95. The Balaban J connectivity index is 2.36. The summed E-state index contributed by atoms with van der Waals surface area (Å²) in [5.74, 6) is -1.66. The van der Waals surface area contributed by atoms with Crippen LogP contribution >= 0.6 is 11.8 Å². The summed E-state index contributed by atoms with van der Waals surface area (Å²) in [5.41, 5.74) is 7.76. The molecule has 0 heterocycles. The third kappa shape index (κ3) is 2.71. The van der Waals surface area contributed by atoms with E-state index in [0.717, 1.165) is 22.1 Å². The summed E-state index contributed by atoms with van der Waals surface area (Å²) in [4.78, 5) is 1.67.